The Morgan fingerprint density at radius 1 is 1.15 bits per heavy atom. The molecule has 0 radical (unpaired) electrons. The summed E-state index contributed by atoms with van der Waals surface area (Å²) in [5.74, 6) is -1.47. The summed E-state index contributed by atoms with van der Waals surface area (Å²) in [6, 6.07) is 2.69. The van der Waals surface area contributed by atoms with Crippen molar-refractivity contribution in [3.05, 3.63) is 50.1 Å². The third kappa shape index (κ3) is 5.65. The van der Waals surface area contributed by atoms with Gasteiger partial charge < -0.3 is 4.74 Å². The highest BCUT2D eigenvalue weighted by Gasteiger charge is 2.35. The van der Waals surface area contributed by atoms with Crippen molar-refractivity contribution in [2.75, 3.05) is 0 Å². The minimum atomic E-state index is -0.871. The molecule has 26 heavy (non-hydrogen) atoms. The molecule has 1 aromatic rings. The van der Waals surface area contributed by atoms with Gasteiger partial charge in [0.25, 0.3) is 0 Å². The zero-order valence-corrected chi connectivity index (χ0v) is 15.3. The van der Waals surface area contributed by atoms with E-state index in [0.29, 0.717) is 6.42 Å². The lowest BCUT2D eigenvalue weighted by molar-refractivity contribution is -0.423. The summed E-state index contributed by atoms with van der Waals surface area (Å²) < 4.78 is 4.91. The Balaban J connectivity index is 3.28. The van der Waals surface area contributed by atoms with Crippen molar-refractivity contribution in [3.8, 4) is 5.75 Å². The molecule has 8 heteroatoms. The van der Waals surface area contributed by atoms with Gasteiger partial charge in [-0.25, -0.2) is 4.79 Å². The van der Waals surface area contributed by atoms with Crippen LogP contribution in [0.4, 0.5) is 11.4 Å². The van der Waals surface area contributed by atoms with E-state index in [1.807, 2.05) is 6.92 Å². The zero-order valence-electron chi connectivity index (χ0n) is 15.3. The van der Waals surface area contributed by atoms with Gasteiger partial charge in [-0.3, -0.25) is 20.2 Å². The van der Waals surface area contributed by atoms with Crippen molar-refractivity contribution in [1.82, 2.24) is 0 Å². The molecular weight excluding hydrogens is 340 g/mol. The lowest BCUT2D eigenvalue weighted by atomic mass is 9.92. The van der Waals surface area contributed by atoms with E-state index in [-0.39, 0.29) is 11.5 Å². The van der Waals surface area contributed by atoms with Crippen molar-refractivity contribution < 1.29 is 19.4 Å². The second-order valence-corrected chi connectivity index (χ2v) is 6.04. The van der Waals surface area contributed by atoms with E-state index >= 15 is 0 Å². The predicted octanol–water partition coefficient (Wildman–Crippen LogP) is 5.06. The van der Waals surface area contributed by atoms with E-state index in [2.05, 4.69) is 6.92 Å². The van der Waals surface area contributed by atoms with Crippen LogP contribution in [0.3, 0.4) is 0 Å². The summed E-state index contributed by atoms with van der Waals surface area (Å²) in [7, 11) is 0. The van der Waals surface area contributed by atoms with Crippen LogP contribution in [0.2, 0.25) is 0 Å². The van der Waals surface area contributed by atoms with Gasteiger partial charge in [-0.05, 0) is 31.4 Å². The number of benzene rings is 1. The number of nitrogens with zero attached hydrogens (tertiary/aromatic N) is 2. The van der Waals surface area contributed by atoms with Crippen LogP contribution >= 0.6 is 0 Å². The summed E-state index contributed by atoms with van der Waals surface area (Å²) in [5.41, 5.74) is -1.11. The number of rotatable bonds is 10. The van der Waals surface area contributed by atoms with E-state index in [1.54, 1.807) is 6.92 Å². The fourth-order valence-corrected chi connectivity index (χ4v) is 2.74. The Kier molecular flexibility index (Phi) is 8.41. The van der Waals surface area contributed by atoms with Gasteiger partial charge in [-0.2, -0.15) is 0 Å². The zero-order chi connectivity index (χ0) is 19.7. The molecule has 0 bridgehead atoms. The molecule has 0 aromatic heterocycles. The smallest absolute Gasteiger partial charge is 0.388 e. The van der Waals surface area contributed by atoms with Gasteiger partial charge in [0.1, 0.15) is 0 Å². The molecule has 0 aliphatic rings. The standard InChI is InChI=1S/C18H24N2O6/c1-4-6-7-8-10-13(3)14-11-12-15(26-16(21)9-5-2)18(20(24)25)17(14)19(22)23/h5,9,11-13H,4,6-8,10H2,1-3H3. The third-order valence-corrected chi connectivity index (χ3v) is 4.05. The average Bonchev–Trinajstić information content (AvgIpc) is 2.57. The number of ether oxygens (including phenoxy) is 1. The first-order valence-corrected chi connectivity index (χ1v) is 8.63. The van der Waals surface area contributed by atoms with Crippen LogP contribution in [0.1, 0.15) is 64.4 Å². The van der Waals surface area contributed by atoms with Crippen molar-refractivity contribution in [2.45, 2.75) is 58.8 Å². The lowest BCUT2D eigenvalue weighted by Crippen LogP contribution is -2.09. The first-order valence-electron chi connectivity index (χ1n) is 8.63. The lowest BCUT2D eigenvalue weighted by Gasteiger charge is -2.13. The fraction of sp³-hybridized carbons (Fsp3) is 0.500. The van der Waals surface area contributed by atoms with Gasteiger partial charge in [0.05, 0.1) is 9.85 Å². The van der Waals surface area contributed by atoms with Gasteiger partial charge in [-0.15, -0.1) is 0 Å². The highest BCUT2D eigenvalue weighted by molar-refractivity contribution is 5.85. The molecule has 8 nitrogen and oxygen atoms in total. The number of nitro benzene ring substituents is 2. The minimum Gasteiger partial charge on any atom is -0.416 e. The van der Waals surface area contributed by atoms with Crippen molar-refractivity contribution in [2.24, 2.45) is 0 Å². The number of allylic oxidation sites excluding steroid dienone is 1. The van der Waals surface area contributed by atoms with Crippen LogP contribution in [0.15, 0.2) is 24.3 Å². The fourth-order valence-electron chi connectivity index (χ4n) is 2.74. The number of esters is 1. The molecule has 1 aromatic carbocycles. The van der Waals surface area contributed by atoms with Gasteiger partial charge in [0.15, 0.2) is 0 Å². The van der Waals surface area contributed by atoms with Crippen molar-refractivity contribution in [3.63, 3.8) is 0 Å². The maximum Gasteiger partial charge on any atom is 0.388 e. The quantitative estimate of drug-likeness (QED) is 0.143. The molecule has 0 N–H and O–H groups in total. The number of carbonyl (C=O) groups excluding carboxylic acids is 1. The van der Waals surface area contributed by atoms with Crippen LogP contribution in [-0.2, 0) is 4.79 Å². The van der Waals surface area contributed by atoms with E-state index in [0.717, 1.165) is 31.8 Å². The van der Waals surface area contributed by atoms with Crippen LogP contribution in [0.25, 0.3) is 0 Å². The molecule has 0 saturated heterocycles. The molecule has 0 fully saturated rings. The van der Waals surface area contributed by atoms with E-state index in [1.165, 1.54) is 18.2 Å². The van der Waals surface area contributed by atoms with Crippen molar-refractivity contribution >= 4 is 17.3 Å². The van der Waals surface area contributed by atoms with Crippen LogP contribution in [0.5, 0.6) is 5.75 Å². The maximum absolute atomic E-state index is 11.6. The van der Waals surface area contributed by atoms with Crippen LogP contribution in [-0.4, -0.2) is 15.8 Å². The number of hydrogen-bond acceptors (Lipinski definition) is 6. The molecule has 0 heterocycles. The van der Waals surface area contributed by atoms with Crippen LogP contribution in [0, 0.1) is 20.2 Å². The molecule has 0 spiro atoms. The van der Waals surface area contributed by atoms with E-state index in [9.17, 15) is 25.0 Å². The Morgan fingerprint density at radius 2 is 1.81 bits per heavy atom. The highest BCUT2D eigenvalue weighted by atomic mass is 16.6. The van der Waals surface area contributed by atoms with Gasteiger partial charge in [0, 0.05) is 11.6 Å². The topological polar surface area (TPSA) is 113 Å². The number of carbonyl (C=O) groups is 1. The number of unbranched alkanes of at least 4 members (excludes halogenated alkanes) is 3. The normalized spacial score (nSPS) is 12.1. The van der Waals surface area contributed by atoms with E-state index < -0.39 is 32.9 Å². The Hall–Kier alpha value is -2.77. The largest absolute Gasteiger partial charge is 0.416 e. The summed E-state index contributed by atoms with van der Waals surface area (Å²) in [6.45, 7) is 5.48. The van der Waals surface area contributed by atoms with Crippen LogP contribution < -0.4 is 4.74 Å². The molecule has 0 amide bonds. The average molecular weight is 364 g/mol. The molecule has 0 aliphatic heterocycles. The Morgan fingerprint density at radius 3 is 2.35 bits per heavy atom. The monoisotopic (exact) mass is 364 g/mol. The first kappa shape index (κ1) is 21.3. The Bertz CT molecular complexity index is 699. The maximum atomic E-state index is 11.6. The first-order chi connectivity index (χ1) is 12.3. The molecule has 142 valence electrons. The summed E-state index contributed by atoms with van der Waals surface area (Å²) in [5, 5.41) is 23.0. The molecule has 0 saturated carbocycles. The van der Waals surface area contributed by atoms with Gasteiger partial charge in [-0.1, -0.05) is 45.6 Å². The summed E-state index contributed by atoms with van der Waals surface area (Å²) in [6.07, 6.45) is 7.24. The number of nitro groups is 2. The minimum absolute atomic E-state index is 0.216. The molecular formula is C18H24N2O6. The number of hydrogen-bond donors (Lipinski definition) is 0. The highest BCUT2D eigenvalue weighted by Crippen LogP contribution is 2.43. The SMILES string of the molecule is CC=CC(=O)Oc1ccc(C(C)CCCCCC)c([N+](=O)[O-])c1[N+](=O)[O-]. The third-order valence-electron chi connectivity index (χ3n) is 4.05. The molecule has 1 unspecified atom stereocenters. The molecule has 1 atom stereocenters. The second-order valence-electron chi connectivity index (χ2n) is 6.04. The second kappa shape index (κ2) is 10.3. The predicted molar refractivity (Wildman–Crippen MR) is 97.4 cm³/mol. The van der Waals surface area contributed by atoms with Crippen molar-refractivity contribution in [1.29, 1.82) is 0 Å². The van der Waals surface area contributed by atoms with E-state index in [4.69, 9.17) is 4.74 Å². The Labute approximate surface area is 152 Å². The molecule has 0 aliphatic carbocycles. The summed E-state index contributed by atoms with van der Waals surface area (Å²) >= 11 is 0. The van der Waals surface area contributed by atoms with Gasteiger partial charge in [0.2, 0.25) is 5.75 Å². The summed E-state index contributed by atoms with van der Waals surface area (Å²) in [4.78, 5) is 32.9. The molecule has 1 rings (SSSR count). The van der Waals surface area contributed by atoms with Gasteiger partial charge >= 0.3 is 17.3 Å².